The van der Waals surface area contributed by atoms with Crippen molar-refractivity contribution in [3.63, 3.8) is 0 Å². The van der Waals surface area contributed by atoms with Gasteiger partial charge in [0.2, 0.25) is 0 Å². The van der Waals surface area contributed by atoms with Crippen molar-refractivity contribution < 1.29 is 14.2 Å². The average Bonchev–Trinajstić information content (AvgIpc) is 2.76. The molecule has 0 aliphatic carbocycles. The van der Waals surface area contributed by atoms with Gasteiger partial charge in [0, 0.05) is 25.1 Å². The average molecular weight is 267 g/mol. The van der Waals surface area contributed by atoms with E-state index in [1.807, 2.05) is 0 Å². The summed E-state index contributed by atoms with van der Waals surface area (Å²) in [7, 11) is 2.08. The molecular weight excluding hydrogens is 245 g/mol. The Morgan fingerprint density at radius 3 is 3.00 bits per heavy atom. The molecular formula is C15H22FNO2. The Bertz CT molecular complexity index is 411. The zero-order valence-electron chi connectivity index (χ0n) is 11.4. The molecule has 106 valence electrons. The number of rotatable bonds is 7. The number of aliphatic hydroxyl groups excluding tert-OH is 1. The molecule has 0 aromatic heterocycles. The van der Waals surface area contributed by atoms with E-state index < -0.39 is 0 Å². The van der Waals surface area contributed by atoms with E-state index in [2.05, 4.69) is 11.9 Å². The van der Waals surface area contributed by atoms with Crippen molar-refractivity contribution in [2.24, 2.45) is 0 Å². The molecule has 4 heteroatoms. The molecule has 1 aliphatic rings. The Hall–Kier alpha value is -1.13. The number of fused-ring (bicyclic) bond motifs is 1. The van der Waals surface area contributed by atoms with Crippen LogP contribution in [0.25, 0.3) is 0 Å². The van der Waals surface area contributed by atoms with E-state index in [-0.39, 0.29) is 18.5 Å². The van der Waals surface area contributed by atoms with Crippen LogP contribution in [0.4, 0.5) is 4.39 Å². The first-order valence-electron chi connectivity index (χ1n) is 6.93. The molecule has 1 atom stereocenters. The summed E-state index contributed by atoms with van der Waals surface area (Å²) < 4.78 is 18.9. The Morgan fingerprint density at radius 1 is 1.37 bits per heavy atom. The zero-order valence-corrected chi connectivity index (χ0v) is 11.4. The van der Waals surface area contributed by atoms with Crippen LogP contribution in [-0.4, -0.2) is 42.9 Å². The fraction of sp³-hybridized carbons (Fsp3) is 0.600. The maximum absolute atomic E-state index is 13.1. The van der Waals surface area contributed by atoms with Crippen molar-refractivity contribution in [1.29, 1.82) is 0 Å². The van der Waals surface area contributed by atoms with Crippen molar-refractivity contribution in [3.8, 4) is 5.75 Å². The minimum Gasteiger partial charge on any atom is -0.488 e. The first-order chi connectivity index (χ1) is 9.19. The normalized spacial score (nSPS) is 17.6. The summed E-state index contributed by atoms with van der Waals surface area (Å²) in [4.78, 5) is 2.24. The van der Waals surface area contributed by atoms with Crippen LogP contribution in [-0.2, 0) is 6.42 Å². The fourth-order valence-electron chi connectivity index (χ4n) is 2.50. The van der Waals surface area contributed by atoms with Gasteiger partial charge in [-0.25, -0.2) is 4.39 Å². The predicted molar refractivity (Wildman–Crippen MR) is 73.0 cm³/mol. The van der Waals surface area contributed by atoms with Crippen molar-refractivity contribution in [1.82, 2.24) is 4.90 Å². The summed E-state index contributed by atoms with van der Waals surface area (Å²) in [5.41, 5.74) is 0.971. The molecule has 3 nitrogen and oxygen atoms in total. The summed E-state index contributed by atoms with van der Waals surface area (Å²) in [6, 6.07) is 4.72. The number of nitrogens with zero attached hydrogens (tertiary/aromatic N) is 1. The third kappa shape index (κ3) is 4.18. The van der Waals surface area contributed by atoms with Gasteiger partial charge in [-0.05, 0) is 51.1 Å². The largest absolute Gasteiger partial charge is 0.488 e. The molecule has 2 rings (SSSR count). The third-order valence-electron chi connectivity index (χ3n) is 3.48. The van der Waals surface area contributed by atoms with E-state index in [9.17, 15) is 4.39 Å². The monoisotopic (exact) mass is 267 g/mol. The molecule has 1 aromatic carbocycles. The van der Waals surface area contributed by atoms with E-state index >= 15 is 0 Å². The van der Waals surface area contributed by atoms with Gasteiger partial charge in [0.1, 0.15) is 17.7 Å². The maximum Gasteiger partial charge on any atom is 0.123 e. The topological polar surface area (TPSA) is 32.7 Å². The van der Waals surface area contributed by atoms with Crippen molar-refractivity contribution in [2.45, 2.75) is 31.8 Å². The quantitative estimate of drug-likeness (QED) is 0.769. The maximum atomic E-state index is 13.1. The lowest BCUT2D eigenvalue weighted by atomic mass is 10.1. The molecule has 0 spiro atoms. The van der Waals surface area contributed by atoms with Gasteiger partial charge in [0.25, 0.3) is 0 Å². The molecule has 1 N–H and O–H groups in total. The van der Waals surface area contributed by atoms with Gasteiger partial charge in [-0.1, -0.05) is 0 Å². The summed E-state index contributed by atoms with van der Waals surface area (Å²) in [6.45, 7) is 2.14. The van der Waals surface area contributed by atoms with E-state index in [1.54, 1.807) is 12.1 Å². The molecule has 1 heterocycles. The number of aliphatic hydroxyl groups is 1. The van der Waals surface area contributed by atoms with E-state index in [0.717, 1.165) is 50.1 Å². The Labute approximate surface area is 114 Å². The first kappa shape index (κ1) is 14.3. The lowest BCUT2D eigenvalue weighted by Crippen LogP contribution is -2.32. The molecule has 1 unspecified atom stereocenters. The minimum absolute atomic E-state index is 0.125. The Morgan fingerprint density at radius 2 is 2.21 bits per heavy atom. The lowest BCUT2D eigenvalue weighted by molar-refractivity contribution is 0.166. The highest BCUT2D eigenvalue weighted by molar-refractivity contribution is 5.37. The molecule has 1 aliphatic heterocycles. The molecule has 0 bridgehead atoms. The molecule has 0 saturated heterocycles. The van der Waals surface area contributed by atoms with Crippen LogP contribution in [0.15, 0.2) is 18.2 Å². The third-order valence-corrected chi connectivity index (χ3v) is 3.48. The molecule has 1 aromatic rings. The highest BCUT2D eigenvalue weighted by atomic mass is 19.1. The summed E-state index contributed by atoms with van der Waals surface area (Å²) in [6.07, 6.45) is 3.93. The number of hydrogen-bond donors (Lipinski definition) is 1. The summed E-state index contributed by atoms with van der Waals surface area (Å²) in [5, 5.41) is 8.72. The van der Waals surface area contributed by atoms with Crippen LogP contribution in [0.3, 0.4) is 0 Å². The zero-order chi connectivity index (χ0) is 13.7. The molecule has 0 radical (unpaired) electrons. The number of ether oxygens (including phenoxy) is 1. The number of likely N-dealkylation sites (N-methyl/N-ethyl adjacent to an activating group) is 1. The van der Waals surface area contributed by atoms with E-state index in [1.165, 1.54) is 6.07 Å². The predicted octanol–water partition coefficient (Wildman–Crippen LogP) is 2.22. The van der Waals surface area contributed by atoms with Crippen molar-refractivity contribution >= 4 is 0 Å². The summed E-state index contributed by atoms with van der Waals surface area (Å²) >= 11 is 0. The van der Waals surface area contributed by atoms with Crippen LogP contribution in [0.5, 0.6) is 5.75 Å². The van der Waals surface area contributed by atoms with E-state index in [4.69, 9.17) is 9.84 Å². The molecule has 0 fully saturated rings. The Balaban J connectivity index is 1.74. The first-order valence-corrected chi connectivity index (χ1v) is 6.93. The minimum atomic E-state index is -0.194. The molecule has 19 heavy (non-hydrogen) atoms. The second-order valence-electron chi connectivity index (χ2n) is 5.24. The second-order valence-corrected chi connectivity index (χ2v) is 5.24. The highest BCUT2D eigenvalue weighted by Crippen LogP contribution is 2.29. The van der Waals surface area contributed by atoms with Crippen LogP contribution in [0, 0.1) is 5.82 Å². The van der Waals surface area contributed by atoms with Crippen LogP contribution in [0.2, 0.25) is 0 Å². The number of hydrogen-bond acceptors (Lipinski definition) is 3. The molecule has 0 amide bonds. The SMILES string of the molecule is CN(CCCCCO)CC1Cc2cc(F)ccc2O1. The van der Waals surface area contributed by atoms with Crippen molar-refractivity contribution in [3.05, 3.63) is 29.6 Å². The fourth-order valence-corrected chi connectivity index (χ4v) is 2.50. The van der Waals surface area contributed by atoms with Gasteiger partial charge < -0.3 is 14.7 Å². The van der Waals surface area contributed by atoms with Gasteiger partial charge >= 0.3 is 0 Å². The van der Waals surface area contributed by atoms with Crippen LogP contribution >= 0.6 is 0 Å². The lowest BCUT2D eigenvalue weighted by Gasteiger charge is -2.20. The number of halogens is 1. The standard InChI is InChI=1S/C15H22FNO2/c1-17(7-3-2-4-8-18)11-14-10-12-9-13(16)5-6-15(12)19-14/h5-6,9,14,18H,2-4,7-8,10-11H2,1H3. The summed E-state index contributed by atoms with van der Waals surface area (Å²) in [5.74, 6) is 0.625. The van der Waals surface area contributed by atoms with Crippen LogP contribution < -0.4 is 4.74 Å². The van der Waals surface area contributed by atoms with Crippen LogP contribution in [0.1, 0.15) is 24.8 Å². The van der Waals surface area contributed by atoms with Gasteiger partial charge in [0.05, 0.1) is 0 Å². The molecule has 0 saturated carbocycles. The number of unbranched alkanes of at least 4 members (excludes halogenated alkanes) is 2. The van der Waals surface area contributed by atoms with Crippen molar-refractivity contribution in [2.75, 3.05) is 26.7 Å². The van der Waals surface area contributed by atoms with Gasteiger partial charge in [0.15, 0.2) is 0 Å². The van der Waals surface area contributed by atoms with E-state index in [0.29, 0.717) is 0 Å². The second kappa shape index (κ2) is 6.87. The highest BCUT2D eigenvalue weighted by Gasteiger charge is 2.24. The van der Waals surface area contributed by atoms with Gasteiger partial charge in [-0.3, -0.25) is 0 Å². The van der Waals surface area contributed by atoms with Gasteiger partial charge in [-0.15, -0.1) is 0 Å². The smallest absolute Gasteiger partial charge is 0.123 e. The van der Waals surface area contributed by atoms with Gasteiger partial charge in [-0.2, -0.15) is 0 Å². The Kier molecular flexibility index (Phi) is 5.16. The number of benzene rings is 1.